The van der Waals surface area contributed by atoms with Gasteiger partial charge < -0.3 is 9.29 Å². The van der Waals surface area contributed by atoms with Crippen LogP contribution in [0.25, 0.3) is 0 Å². The molecule has 1 N–H and O–H groups in total. The molecule has 1 rings (SSSR count). The molecule has 0 aliphatic heterocycles. The van der Waals surface area contributed by atoms with Crippen LogP contribution in [0.4, 0.5) is 18.9 Å². The second-order valence-corrected chi connectivity index (χ2v) is 5.13. The molecule has 22 heavy (non-hydrogen) atoms. The highest BCUT2D eigenvalue weighted by Crippen LogP contribution is 2.30. The Morgan fingerprint density at radius 2 is 2.00 bits per heavy atom. The second-order valence-electron chi connectivity index (χ2n) is 3.60. The number of carbonyl (C=O) groups is 1. The van der Waals surface area contributed by atoms with Gasteiger partial charge in [-0.15, -0.1) is 0 Å². The van der Waals surface area contributed by atoms with Crippen molar-refractivity contribution in [1.82, 2.24) is 4.57 Å². The number of aliphatic carboxylic acids is 1. The number of hydrogen-bond acceptors (Lipinski definition) is 7. The maximum Gasteiger partial charge on any atom is 0.534 e. The fourth-order valence-electron chi connectivity index (χ4n) is 1.22. The summed E-state index contributed by atoms with van der Waals surface area (Å²) in [5, 5.41) is 19.2. The van der Waals surface area contributed by atoms with Crippen LogP contribution in [0.1, 0.15) is 0 Å². The SMILES string of the molecule is O=C(O)Cn1ccc(OS(=O)(=O)C(F)(F)F)c([N+](=O)[O-])c1=O. The lowest BCUT2D eigenvalue weighted by molar-refractivity contribution is -0.387. The number of halogens is 3. The highest BCUT2D eigenvalue weighted by atomic mass is 32.2. The molecule has 14 heteroatoms. The molecule has 0 fully saturated rings. The standard InChI is InChI=1S/C8H5F3N2O8S/c9-8(10,11)22(19,20)21-4-1-2-12(3-5(14)15)7(16)6(4)13(17)18/h1-2H,3H2,(H,14,15). The third kappa shape index (κ3) is 3.51. The normalized spacial score (nSPS) is 12.0. The van der Waals surface area contributed by atoms with Crippen molar-refractivity contribution >= 4 is 21.8 Å². The molecule has 0 saturated heterocycles. The van der Waals surface area contributed by atoms with Gasteiger partial charge in [-0.05, 0) is 0 Å². The van der Waals surface area contributed by atoms with E-state index in [0.717, 1.165) is 0 Å². The molecular formula is C8H5F3N2O8S. The first-order valence-corrected chi connectivity index (χ1v) is 6.38. The van der Waals surface area contributed by atoms with Crippen molar-refractivity contribution in [3.63, 3.8) is 0 Å². The summed E-state index contributed by atoms with van der Waals surface area (Å²) in [7, 11) is -6.23. The molecule has 122 valence electrons. The molecule has 1 aromatic rings. The lowest BCUT2D eigenvalue weighted by atomic mass is 10.3. The minimum Gasteiger partial charge on any atom is -0.480 e. The van der Waals surface area contributed by atoms with Crippen LogP contribution in [0.3, 0.4) is 0 Å². The molecule has 0 radical (unpaired) electrons. The van der Waals surface area contributed by atoms with E-state index >= 15 is 0 Å². The first kappa shape index (κ1) is 17.4. The molecule has 0 aliphatic carbocycles. The minimum atomic E-state index is -6.23. The molecule has 0 saturated carbocycles. The van der Waals surface area contributed by atoms with E-state index in [1.807, 2.05) is 0 Å². The summed E-state index contributed by atoms with van der Waals surface area (Å²) in [5.41, 5.74) is -9.14. The summed E-state index contributed by atoms with van der Waals surface area (Å²) >= 11 is 0. The smallest absolute Gasteiger partial charge is 0.480 e. The van der Waals surface area contributed by atoms with Crippen LogP contribution < -0.4 is 9.74 Å². The van der Waals surface area contributed by atoms with Crippen molar-refractivity contribution in [3.8, 4) is 5.75 Å². The lowest BCUT2D eigenvalue weighted by Gasteiger charge is -2.10. The quantitative estimate of drug-likeness (QED) is 0.341. The van der Waals surface area contributed by atoms with Crippen LogP contribution in [-0.2, 0) is 21.5 Å². The van der Waals surface area contributed by atoms with E-state index in [4.69, 9.17) is 5.11 Å². The van der Waals surface area contributed by atoms with Gasteiger partial charge in [0.1, 0.15) is 6.54 Å². The van der Waals surface area contributed by atoms with E-state index < -0.39 is 50.1 Å². The Bertz CT molecular complexity index is 782. The van der Waals surface area contributed by atoms with E-state index in [-0.39, 0.29) is 4.57 Å². The zero-order valence-corrected chi connectivity index (χ0v) is 10.9. The number of aromatic nitrogens is 1. The van der Waals surface area contributed by atoms with Crippen molar-refractivity contribution < 1.29 is 40.6 Å². The Morgan fingerprint density at radius 1 is 1.45 bits per heavy atom. The number of pyridine rings is 1. The number of rotatable bonds is 5. The van der Waals surface area contributed by atoms with Crippen LogP contribution >= 0.6 is 0 Å². The first-order valence-electron chi connectivity index (χ1n) is 4.97. The zero-order chi connectivity index (χ0) is 17.3. The molecule has 1 aromatic heterocycles. The van der Waals surface area contributed by atoms with Gasteiger partial charge in [0, 0.05) is 12.3 Å². The van der Waals surface area contributed by atoms with Crippen molar-refractivity contribution in [1.29, 1.82) is 0 Å². The summed E-state index contributed by atoms with van der Waals surface area (Å²) in [6, 6.07) is 0.367. The van der Waals surface area contributed by atoms with Gasteiger partial charge in [0.15, 0.2) is 0 Å². The van der Waals surface area contributed by atoms with Crippen LogP contribution in [0.15, 0.2) is 17.1 Å². The molecule has 0 amide bonds. The fraction of sp³-hybridized carbons (Fsp3) is 0.250. The average molecular weight is 346 g/mol. The third-order valence-electron chi connectivity index (χ3n) is 2.07. The largest absolute Gasteiger partial charge is 0.534 e. The van der Waals surface area contributed by atoms with Gasteiger partial charge in [-0.2, -0.15) is 21.6 Å². The fourth-order valence-corrected chi connectivity index (χ4v) is 1.68. The molecule has 0 atom stereocenters. The predicted octanol–water partition coefficient (Wildman–Crippen LogP) is 0.0695. The molecule has 0 aromatic carbocycles. The monoisotopic (exact) mass is 346 g/mol. The van der Waals surface area contributed by atoms with Gasteiger partial charge >= 0.3 is 32.8 Å². The Hall–Kier alpha value is -2.64. The van der Waals surface area contributed by atoms with Crippen molar-refractivity contribution in [3.05, 3.63) is 32.7 Å². The Labute approximate surface area is 118 Å². The molecule has 0 spiro atoms. The van der Waals surface area contributed by atoms with E-state index in [1.165, 1.54) is 0 Å². The Kier molecular flexibility index (Phi) is 4.45. The number of hydrogen-bond donors (Lipinski definition) is 1. The van der Waals surface area contributed by atoms with Crippen LogP contribution in [0.2, 0.25) is 0 Å². The second kappa shape index (κ2) is 5.63. The molecule has 0 unspecified atom stereocenters. The lowest BCUT2D eigenvalue weighted by Crippen LogP contribution is -2.30. The number of carboxylic acid groups (broad SMARTS) is 1. The molecule has 0 bridgehead atoms. The van der Waals surface area contributed by atoms with Crippen LogP contribution in [-0.4, -0.2) is 34.5 Å². The van der Waals surface area contributed by atoms with Gasteiger partial charge in [-0.3, -0.25) is 24.3 Å². The van der Waals surface area contributed by atoms with Gasteiger partial charge in [0.2, 0.25) is 5.75 Å². The molecule has 0 aliphatic rings. The molecule has 1 heterocycles. The minimum absolute atomic E-state index is 0.285. The zero-order valence-electron chi connectivity index (χ0n) is 10.1. The average Bonchev–Trinajstić information content (AvgIpc) is 2.30. The molecule has 10 nitrogen and oxygen atoms in total. The summed E-state index contributed by atoms with van der Waals surface area (Å²) in [6.45, 7) is -1.02. The van der Waals surface area contributed by atoms with E-state index in [9.17, 15) is 41.3 Å². The van der Waals surface area contributed by atoms with Crippen LogP contribution in [0, 0.1) is 10.1 Å². The maximum absolute atomic E-state index is 12.2. The summed E-state index contributed by atoms with van der Waals surface area (Å²) in [6.07, 6.45) is 0.546. The van der Waals surface area contributed by atoms with Gasteiger partial charge in [0.05, 0.1) is 4.92 Å². The molecular weight excluding hydrogens is 341 g/mol. The summed E-state index contributed by atoms with van der Waals surface area (Å²) in [5.74, 6) is -3.04. The maximum atomic E-state index is 12.2. The highest BCUT2D eigenvalue weighted by Gasteiger charge is 2.49. The summed E-state index contributed by atoms with van der Waals surface area (Å²) < 4.78 is 61.9. The van der Waals surface area contributed by atoms with Crippen LogP contribution in [0.5, 0.6) is 5.75 Å². The topological polar surface area (TPSA) is 146 Å². The van der Waals surface area contributed by atoms with Gasteiger partial charge in [-0.1, -0.05) is 0 Å². The number of nitrogens with zero attached hydrogens (tertiary/aromatic N) is 2. The van der Waals surface area contributed by atoms with Gasteiger partial charge in [0.25, 0.3) is 0 Å². The van der Waals surface area contributed by atoms with Crippen molar-refractivity contribution in [2.75, 3.05) is 0 Å². The summed E-state index contributed by atoms with van der Waals surface area (Å²) in [4.78, 5) is 31.3. The number of alkyl halides is 3. The van der Waals surface area contributed by atoms with Crippen molar-refractivity contribution in [2.45, 2.75) is 12.1 Å². The van der Waals surface area contributed by atoms with E-state index in [2.05, 4.69) is 4.18 Å². The van der Waals surface area contributed by atoms with E-state index in [1.54, 1.807) is 0 Å². The van der Waals surface area contributed by atoms with Gasteiger partial charge in [-0.25, -0.2) is 0 Å². The van der Waals surface area contributed by atoms with E-state index in [0.29, 0.717) is 12.3 Å². The predicted molar refractivity (Wildman–Crippen MR) is 60.6 cm³/mol. The number of nitro groups is 1. The first-order chi connectivity index (χ1) is 9.86. The highest BCUT2D eigenvalue weighted by molar-refractivity contribution is 7.88. The Morgan fingerprint density at radius 3 is 2.41 bits per heavy atom. The van der Waals surface area contributed by atoms with Crippen molar-refractivity contribution in [2.24, 2.45) is 0 Å². The number of carboxylic acids is 1. The third-order valence-corrected chi connectivity index (χ3v) is 3.04. The Balaban J connectivity index is 3.46.